The van der Waals surface area contributed by atoms with Gasteiger partial charge in [-0.3, -0.25) is 4.72 Å². The molecule has 0 spiro atoms. The molecule has 0 saturated heterocycles. The van der Waals surface area contributed by atoms with Crippen molar-refractivity contribution in [1.82, 2.24) is 15.2 Å². The molecule has 0 unspecified atom stereocenters. The maximum absolute atomic E-state index is 12.0. The van der Waals surface area contributed by atoms with Crippen LogP contribution in [0.4, 0.5) is 11.6 Å². The lowest BCUT2D eigenvalue weighted by Crippen LogP contribution is -2.15. The summed E-state index contributed by atoms with van der Waals surface area (Å²) in [6.45, 7) is 0. The van der Waals surface area contributed by atoms with E-state index in [1.54, 1.807) is 6.07 Å². The van der Waals surface area contributed by atoms with E-state index < -0.39 is 10.0 Å². The number of hydrogen-bond acceptors (Lipinski definition) is 7. The van der Waals surface area contributed by atoms with Crippen LogP contribution in [0.25, 0.3) is 0 Å². The van der Waals surface area contributed by atoms with Gasteiger partial charge in [0, 0.05) is 18.5 Å². The molecular formula is C9H10N6O2S. The van der Waals surface area contributed by atoms with Crippen LogP contribution in [-0.4, -0.2) is 23.6 Å². The largest absolute Gasteiger partial charge is 0.308 e. The lowest BCUT2D eigenvalue weighted by Gasteiger charge is -2.07. The highest BCUT2D eigenvalue weighted by Gasteiger charge is 2.15. The molecule has 4 N–H and O–H groups in total. The molecule has 0 saturated carbocycles. The van der Waals surface area contributed by atoms with Crippen LogP contribution in [0.1, 0.15) is 0 Å². The lowest BCUT2D eigenvalue weighted by atomic mass is 10.5. The van der Waals surface area contributed by atoms with E-state index in [0.717, 1.165) is 0 Å². The summed E-state index contributed by atoms with van der Waals surface area (Å²) in [6.07, 6.45) is 2.78. The molecule has 2 aromatic heterocycles. The minimum absolute atomic E-state index is 0.0242. The molecule has 0 atom stereocenters. The molecule has 9 heteroatoms. The Kier molecular flexibility index (Phi) is 3.35. The first-order valence-electron chi connectivity index (χ1n) is 4.85. The normalized spacial score (nSPS) is 10.9. The van der Waals surface area contributed by atoms with Gasteiger partial charge in [0.1, 0.15) is 5.82 Å². The predicted octanol–water partition coefficient (Wildman–Crippen LogP) is -0.0420. The van der Waals surface area contributed by atoms with E-state index in [2.05, 4.69) is 25.3 Å². The fourth-order valence-electron chi connectivity index (χ4n) is 1.21. The lowest BCUT2D eigenvalue weighted by molar-refractivity contribution is 0.601. The van der Waals surface area contributed by atoms with Crippen molar-refractivity contribution in [1.29, 1.82) is 0 Å². The van der Waals surface area contributed by atoms with Crippen LogP contribution in [0.2, 0.25) is 0 Å². The second-order valence-electron chi connectivity index (χ2n) is 3.24. The molecule has 0 aliphatic heterocycles. The summed E-state index contributed by atoms with van der Waals surface area (Å²) in [7, 11) is -3.73. The summed E-state index contributed by atoms with van der Waals surface area (Å²) in [4.78, 5) is 3.85. The molecule has 0 amide bonds. The molecule has 0 aromatic carbocycles. The third-order valence-corrected chi connectivity index (χ3v) is 3.35. The number of anilines is 2. The summed E-state index contributed by atoms with van der Waals surface area (Å²) >= 11 is 0. The molecular weight excluding hydrogens is 256 g/mol. The van der Waals surface area contributed by atoms with E-state index in [9.17, 15) is 8.42 Å². The Morgan fingerprint density at radius 2 is 2.00 bits per heavy atom. The quantitative estimate of drug-likeness (QED) is 0.524. The molecule has 8 nitrogen and oxygen atoms in total. The summed E-state index contributed by atoms with van der Waals surface area (Å²) in [5, 5.41) is 7.21. The monoisotopic (exact) mass is 266 g/mol. The summed E-state index contributed by atoms with van der Waals surface area (Å²) < 4.78 is 26.3. The maximum atomic E-state index is 12.0. The Morgan fingerprint density at radius 3 is 2.67 bits per heavy atom. The van der Waals surface area contributed by atoms with Gasteiger partial charge in [0.2, 0.25) is 0 Å². The van der Waals surface area contributed by atoms with E-state index >= 15 is 0 Å². The Hall–Kier alpha value is -2.26. The summed E-state index contributed by atoms with van der Waals surface area (Å²) in [5.41, 5.74) is 2.27. The molecule has 2 rings (SSSR count). The van der Waals surface area contributed by atoms with E-state index in [1.807, 2.05) is 0 Å². The minimum Gasteiger partial charge on any atom is -0.308 e. The first-order valence-corrected chi connectivity index (χ1v) is 6.33. The van der Waals surface area contributed by atoms with Crippen LogP contribution < -0.4 is 16.0 Å². The van der Waals surface area contributed by atoms with Crippen LogP contribution in [0.15, 0.2) is 41.6 Å². The Balaban J connectivity index is 2.31. The molecule has 0 bridgehead atoms. The Bertz CT molecular complexity index is 631. The zero-order chi connectivity index (χ0) is 13.0. The highest BCUT2D eigenvalue weighted by molar-refractivity contribution is 7.92. The van der Waals surface area contributed by atoms with Gasteiger partial charge in [0.25, 0.3) is 10.0 Å². The first-order chi connectivity index (χ1) is 8.62. The van der Waals surface area contributed by atoms with Gasteiger partial charge in [0.15, 0.2) is 5.82 Å². The number of aromatic nitrogens is 3. The van der Waals surface area contributed by atoms with Crippen molar-refractivity contribution >= 4 is 21.7 Å². The number of hydrogen-bond donors (Lipinski definition) is 3. The summed E-state index contributed by atoms with van der Waals surface area (Å²) in [6, 6.07) is 5.72. The van der Waals surface area contributed by atoms with Gasteiger partial charge >= 0.3 is 0 Å². The molecule has 0 fully saturated rings. The molecule has 2 aromatic rings. The van der Waals surface area contributed by atoms with Crippen molar-refractivity contribution in [2.75, 3.05) is 10.1 Å². The molecule has 0 aliphatic rings. The number of pyridine rings is 1. The number of nitrogens with one attached hydrogen (secondary N) is 2. The molecule has 0 aliphatic carbocycles. The average Bonchev–Trinajstić information content (AvgIpc) is 2.39. The molecule has 18 heavy (non-hydrogen) atoms. The Morgan fingerprint density at radius 1 is 1.17 bits per heavy atom. The van der Waals surface area contributed by atoms with Crippen LogP contribution in [-0.2, 0) is 10.0 Å². The number of nitrogens with two attached hydrogens (primary N) is 1. The molecule has 2 heterocycles. The van der Waals surface area contributed by atoms with Crippen molar-refractivity contribution in [3.63, 3.8) is 0 Å². The second kappa shape index (κ2) is 4.94. The molecule has 0 radical (unpaired) electrons. The van der Waals surface area contributed by atoms with E-state index in [4.69, 9.17) is 5.84 Å². The van der Waals surface area contributed by atoms with E-state index in [0.29, 0.717) is 0 Å². The zero-order valence-corrected chi connectivity index (χ0v) is 9.92. The van der Waals surface area contributed by atoms with Crippen molar-refractivity contribution in [2.45, 2.75) is 4.90 Å². The SMILES string of the molecule is NNc1cc(S(=O)(=O)Nc2cccnn2)ccn1. The maximum Gasteiger partial charge on any atom is 0.263 e. The fourth-order valence-corrected chi connectivity index (χ4v) is 2.22. The topological polar surface area (TPSA) is 123 Å². The van der Waals surface area contributed by atoms with Crippen molar-refractivity contribution < 1.29 is 8.42 Å². The van der Waals surface area contributed by atoms with Gasteiger partial charge in [-0.15, -0.1) is 5.10 Å². The van der Waals surface area contributed by atoms with Gasteiger partial charge in [0.05, 0.1) is 4.90 Å². The van der Waals surface area contributed by atoms with Crippen LogP contribution in [0.3, 0.4) is 0 Å². The Labute approximate surface area is 103 Å². The van der Waals surface area contributed by atoms with Gasteiger partial charge in [-0.2, -0.15) is 5.10 Å². The van der Waals surface area contributed by atoms with Gasteiger partial charge in [-0.05, 0) is 18.2 Å². The highest BCUT2D eigenvalue weighted by Crippen LogP contribution is 2.15. The summed E-state index contributed by atoms with van der Waals surface area (Å²) in [5.74, 6) is 5.55. The van der Waals surface area contributed by atoms with Crippen molar-refractivity contribution in [3.05, 3.63) is 36.7 Å². The van der Waals surface area contributed by atoms with Gasteiger partial charge in [-0.1, -0.05) is 0 Å². The number of sulfonamides is 1. The first kappa shape index (κ1) is 12.2. The van der Waals surface area contributed by atoms with E-state index in [1.165, 1.54) is 30.6 Å². The highest BCUT2D eigenvalue weighted by atomic mass is 32.2. The smallest absolute Gasteiger partial charge is 0.263 e. The standard InChI is InChI=1S/C9H10N6O2S/c10-13-9-6-7(3-5-11-9)18(16,17)15-8-2-1-4-12-14-8/h1-6H,10H2,(H,11,13)(H,14,15). The number of nitrogen functional groups attached to an aromatic ring is 1. The van der Waals surface area contributed by atoms with E-state index in [-0.39, 0.29) is 16.5 Å². The fraction of sp³-hybridized carbons (Fsp3) is 0. The van der Waals surface area contributed by atoms with Crippen molar-refractivity contribution in [3.8, 4) is 0 Å². The second-order valence-corrected chi connectivity index (χ2v) is 4.92. The number of nitrogens with zero attached hydrogens (tertiary/aromatic N) is 3. The number of rotatable bonds is 4. The van der Waals surface area contributed by atoms with Crippen molar-refractivity contribution in [2.24, 2.45) is 5.84 Å². The minimum atomic E-state index is -3.73. The zero-order valence-electron chi connectivity index (χ0n) is 9.11. The predicted molar refractivity (Wildman–Crippen MR) is 64.9 cm³/mol. The van der Waals surface area contributed by atoms with Crippen LogP contribution >= 0.6 is 0 Å². The molecule has 94 valence electrons. The third kappa shape index (κ3) is 2.70. The third-order valence-electron chi connectivity index (χ3n) is 2.00. The average molecular weight is 266 g/mol. The van der Waals surface area contributed by atoms with Crippen LogP contribution in [0.5, 0.6) is 0 Å². The number of hydrazine groups is 1. The van der Waals surface area contributed by atoms with Gasteiger partial charge < -0.3 is 5.43 Å². The van der Waals surface area contributed by atoms with Gasteiger partial charge in [-0.25, -0.2) is 19.2 Å². The van der Waals surface area contributed by atoms with Crippen LogP contribution in [0, 0.1) is 0 Å².